The van der Waals surface area contributed by atoms with Crippen molar-refractivity contribution in [3.05, 3.63) is 42.0 Å². The van der Waals surface area contributed by atoms with Crippen LogP contribution >= 0.6 is 0 Å². The Kier molecular flexibility index (Phi) is 5.42. The number of pyridine rings is 1. The van der Waals surface area contributed by atoms with Crippen molar-refractivity contribution in [3.8, 4) is 0 Å². The summed E-state index contributed by atoms with van der Waals surface area (Å²) in [5.74, 6) is 7.39. The van der Waals surface area contributed by atoms with Crippen molar-refractivity contribution in [2.75, 3.05) is 31.0 Å². The Morgan fingerprint density at radius 3 is 2.86 bits per heavy atom. The number of nitrogens with zero attached hydrogens (tertiary/aromatic N) is 4. The first-order valence-electron chi connectivity index (χ1n) is 6.67. The van der Waals surface area contributed by atoms with Gasteiger partial charge in [-0.2, -0.15) is 0 Å². The molecular formula is C14H20N6O. The van der Waals surface area contributed by atoms with Crippen LogP contribution in [0.25, 0.3) is 0 Å². The van der Waals surface area contributed by atoms with Crippen LogP contribution in [0, 0.1) is 0 Å². The average molecular weight is 288 g/mol. The fraction of sp³-hybridized carbons (Fsp3) is 0.357. The second kappa shape index (κ2) is 7.51. The van der Waals surface area contributed by atoms with Crippen molar-refractivity contribution >= 4 is 11.6 Å². The van der Waals surface area contributed by atoms with Gasteiger partial charge in [0, 0.05) is 45.1 Å². The molecule has 2 heterocycles. The molecule has 7 heteroatoms. The lowest BCUT2D eigenvalue weighted by atomic mass is 10.2. The van der Waals surface area contributed by atoms with Crippen LogP contribution in [0.5, 0.6) is 0 Å². The number of aromatic nitrogens is 3. The standard InChI is InChI=1S/C14H20N6O/c1-20(8-6-11-5-3-4-7-16-11)14-9-12(19-15)17-13(18-14)10-21-2/h3-5,7,9H,6,8,10,15H2,1-2H3,(H,17,18,19). The van der Waals surface area contributed by atoms with E-state index in [0.717, 1.165) is 24.5 Å². The van der Waals surface area contributed by atoms with E-state index < -0.39 is 0 Å². The quantitative estimate of drug-likeness (QED) is 0.580. The number of hydrazine groups is 1. The zero-order valence-electron chi connectivity index (χ0n) is 12.3. The predicted octanol–water partition coefficient (Wildman–Crippen LogP) is 0.982. The van der Waals surface area contributed by atoms with E-state index in [0.29, 0.717) is 18.2 Å². The highest BCUT2D eigenvalue weighted by molar-refractivity contribution is 5.48. The molecule has 0 saturated carbocycles. The Labute approximate surface area is 124 Å². The largest absolute Gasteiger partial charge is 0.377 e. The summed E-state index contributed by atoms with van der Waals surface area (Å²) < 4.78 is 5.07. The van der Waals surface area contributed by atoms with Gasteiger partial charge < -0.3 is 15.1 Å². The second-order valence-corrected chi connectivity index (χ2v) is 4.60. The van der Waals surface area contributed by atoms with Gasteiger partial charge in [-0.25, -0.2) is 15.8 Å². The summed E-state index contributed by atoms with van der Waals surface area (Å²) in [7, 11) is 3.58. The molecule has 2 aromatic heterocycles. The van der Waals surface area contributed by atoms with Gasteiger partial charge in [0.05, 0.1) is 0 Å². The van der Waals surface area contributed by atoms with Crippen LogP contribution in [-0.4, -0.2) is 35.7 Å². The molecule has 0 unspecified atom stereocenters. The molecule has 21 heavy (non-hydrogen) atoms. The van der Waals surface area contributed by atoms with Crippen molar-refractivity contribution in [2.45, 2.75) is 13.0 Å². The van der Waals surface area contributed by atoms with Crippen molar-refractivity contribution in [2.24, 2.45) is 5.84 Å². The Balaban J connectivity index is 2.07. The third-order valence-electron chi connectivity index (χ3n) is 3.00. The summed E-state index contributed by atoms with van der Waals surface area (Å²) in [4.78, 5) is 15.0. The zero-order valence-corrected chi connectivity index (χ0v) is 12.3. The maximum atomic E-state index is 5.44. The lowest BCUT2D eigenvalue weighted by molar-refractivity contribution is 0.178. The number of rotatable bonds is 7. The van der Waals surface area contributed by atoms with Gasteiger partial charge >= 0.3 is 0 Å². The van der Waals surface area contributed by atoms with E-state index in [1.54, 1.807) is 19.4 Å². The van der Waals surface area contributed by atoms with E-state index in [9.17, 15) is 0 Å². The Bertz CT molecular complexity index is 563. The molecular weight excluding hydrogens is 268 g/mol. The maximum absolute atomic E-state index is 5.44. The first-order valence-corrected chi connectivity index (χ1v) is 6.67. The highest BCUT2D eigenvalue weighted by Crippen LogP contribution is 2.15. The van der Waals surface area contributed by atoms with Gasteiger partial charge in [0.1, 0.15) is 18.2 Å². The van der Waals surface area contributed by atoms with E-state index in [1.807, 2.05) is 30.1 Å². The van der Waals surface area contributed by atoms with Crippen molar-refractivity contribution in [1.82, 2.24) is 15.0 Å². The van der Waals surface area contributed by atoms with Gasteiger partial charge in [-0.1, -0.05) is 6.07 Å². The van der Waals surface area contributed by atoms with Gasteiger partial charge in [-0.3, -0.25) is 4.98 Å². The fourth-order valence-corrected chi connectivity index (χ4v) is 1.89. The Hall–Kier alpha value is -2.25. The van der Waals surface area contributed by atoms with Crippen molar-refractivity contribution in [1.29, 1.82) is 0 Å². The average Bonchev–Trinajstić information content (AvgIpc) is 2.53. The number of ether oxygens (including phenoxy) is 1. The van der Waals surface area contributed by atoms with Crippen LogP contribution in [0.1, 0.15) is 11.5 Å². The Morgan fingerprint density at radius 1 is 1.33 bits per heavy atom. The fourth-order valence-electron chi connectivity index (χ4n) is 1.89. The summed E-state index contributed by atoms with van der Waals surface area (Å²) in [5.41, 5.74) is 3.60. The van der Waals surface area contributed by atoms with Gasteiger partial charge in [0.25, 0.3) is 0 Å². The molecule has 2 rings (SSSR count). The topological polar surface area (TPSA) is 89.2 Å². The molecule has 0 aliphatic heterocycles. The molecule has 112 valence electrons. The number of nitrogens with two attached hydrogens (primary N) is 1. The van der Waals surface area contributed by atoms with Crippen molar-refractivity contribution in [3.63, 3.8) is 0 Å². The molecule has 0 aliphatic carbocycles. The molecule has 0 aromatic carbocycles. The number of hydrogen-bond donors (Lipinski definition) is 2. The molecule has 0 spiro atoms. The number of likely N-dealkylation sites (N-methyl/N-ethyl adjacent to an activating group) is 1. The minimum absolute atomic E-state index is 0.344. The van der Waals surface area contributed by atoms with Crippen LogP contribution in [0.15, 0.2) is 30.5 Å². The molecule has 0 bridgehead atoms. The van der Waals surface area contributed by atoms with E-state index in [2.05, 4.69) is 20.4 Å². The summed E-state index contributed by atoms with van der Waals surface area (Å²) in [6, 6.07) is 7.71. The lowest BCUT2D eigenvalue weighted by Gasteiger charge is -2.19. The molecule has 0 saturated heterocycles. The maximum Gasteiger partial charge on any atom is 0.158 e. The monoisotopic (exact) mass is 288 g/mol. The number of nitrogens with one attached hydrogen (secondary N) is 1. The van der Waals surface area contributed by atoms with Crippen LogP contribution < -0.4 is 16.2 Å². The summed E-state index contributed by atoms with van der Waals surface area (Å²) in [6.45, 7) is 1.14. The van der Waals surface area contributed by atoms with E-state index >= 15 is 0 Å². The molecule has 2 aromatic rings. The SMILES string of the molecule is COCc1nc(NN)cc(N(C)CCc2ccccn2)n1. The van der Waals surface area contributed by atoms with Gasteiger partial charge in [-0.05, 0) is 12.1 Å². The first kappa shape index (κ1) is 15.1. The van der Waals surface area contributed by atoms with E-state index in [1.165, 1.54) is 0 Å². The van der Waals surface area contributed by atoms with E-state index in [-0.39, 0.29) is 0 Å². The van der Waals surface area contributed by atoms with Crippen molar-refractivity contribution < 1.29 is 4.74 Å². The Morgan fingerprint density at radius 2 is 2.19 bits per heavy atom. The number of anilines is 2. The van der Waals surface area contributed by atoms with Gasteiger partial charge in [-0.15, -0.1) is 0 Å². The highest BCUT2D eigenvalue weighted by atomic mass is 16.5. The molecule has 0 aliphatic rings. The van der Waals surface area contributed by atoms with Gasteiger partial charge in [0.15, 0.2) is 5.82 Å². The number of methoxy groups -OCH3 is 1. The summed E-state index contributed by atoms with van der Waals surface area (Å²) >= 11 is 0. The third-order valence-corrected chi connectivity index (χ3v) is 3.00. The number of nitrogen functional groups attached to an aromatic ring is 1. The lowest BCUT2D eigenvalue weighted by Crippen LogP contribution is -2.23. The third kappa shape index (κ3) is 4.37. The van der Waals surface area contributed by atoms with Crippen LogP contribution in [0.2, 0.25) is 0 Å². The van der Waals surface area contributed by atoms with Crippen LogP contribution in [-0.2, 0) is 17.8 Å². The molecule has 0 amide bonds. The highest BCUT2D eigenvalue weighted by Gasteiger charge is 2.08. The van der Waals surface area contributed by atoms with E-state index in [4.69, 9.17) is 10.6 Å². The molecule has 7 nitrogen and oxygen atoms in total. The summed E-state index contributed by atoms with van der Waals surface area (Å²) in [5, 5.41) is 0. The minimum atomic E-state index is 0.344. The smallest absolute Gasteiger partial charge is 0.158 e. The minimum Gasteiger partial charge on any atom is -0.377 e. The van der Waals surface area contributed by atoms with Crippen LogP contribution in [0.4, 0.5) is 11.6 Å². The zero-order chi connectivity index (χ0) is 15.1. The molecule has 0 atom stereocenters. The molecule has 3 N–H and O–H groups in total. The molecule has 0 fully saturated rings. The molecule has 0 radical (unpaired) electrons. The summed E-state index contributed by atoms with van der Waals surface area (Å²) in [6.07, 6.45) is 2.64. The number of hydrogen-bond acceptors (Lipinski definition) is 7. The second-order valence-electron chi connectivity index (χ2n) is 4.60. The van der Waals surface area contributed by atoms with Crippen LogP contribution in [0.3, 0.4) is 0 Å². The normalized spacial score (nSPS) is 10.4. The van der Waals surface area contributed by atoms with Gasteiger partial charge in [0.2, 0.25) is 0 Å². The first-order chi connectivity index (χ1) is 10.2. The predicted molar refractivity (Wildman–Crippen MR) is 81.8 cm³/mol.